The van der Waals surface area contributed by atoms with Crippen molar-refractivity contribution in [3.05, 3.63) is 16.1 Å². The zero-order valence-electron chi connectivity index (χ0n) is 14.2. The van der Waals surface area contributed by atoms with Crippen LogP contribution in [0, 0.1) is 0 Å². The van der Waals surface area contributed by atoms with Crippen LogP contribution in [0.15, 0.2) is 5.38 Å². The zero-order valence-corrected chi connectivity index (χ0v) is 15.0. The third-order valence-electron chi connectivity index (χ3n) is 4.45. The molecule has 0 aromatic carbocycles. The van der Waals surface area contributed by atoms with Crippen LogP contribution in [-0.4, -0.2) is 48.3 Å². The molecule has 0 spiro atoms. The molecule has 128 valence electrons. The number of hydrogen-bond acceptors (Lipinski definition) is 5. The molecule has 0 bridgehead atoms. The van der Waals surface area contributed by atoms with E-state index >= 15 is 0 Å². The molecule has 2 aliphatic rings. The predicted octanol–water partition coefficient (Wildman–Crippen LogP) is 2.91. The van der Waals surface area contributed by atoms with Crippen molar-refractivity contribution in [2.24, 2.45) is 0 Å². The van der Waals surface area contributed by atoms with Gasteiger partial charge in [0, 0.05) is 17.3 Å². The van der Waals surface area contributed by atoms with Crippen LogP contribution in [0.25, 0.3) is 0 Å². The van der Waals surface area contributed by atoms with Gasteiger partial charge in [0.1, 0.15) is 5.01 Å². The molecule has 0 saturated carbocycles. The third-order valence-corrected chi connectivity index (χ3v) is 5.40. The second kappa shape index (κ2) is 6.87. The van der Waals surface area contributed by atoms with Crippen LogP contribution in [0.1, 0.15) is 56.8 Å². The Bertz CT molecular complexity index is 546. The van der Waals surface area contributed by atoms with Crippen LogP contribution >= 0.6 is 11.3 Å². The molecule has 5 nitrogen and oxygen atoms in total. The van der Waals surface area contributed by atoms with Gasteiger partial charge < -0.3 is 14.4 Å². The van der Waals surface area contributed by atoms with Crippen molar-refractivity contribution in [3.63, 3.8) is 0 Å². The Labute approximate surface area is 142 Å². The van der Waals surface area contributed by atoms with E-state index in [2.05, 4.69) is 26.2 Å². The third kappa shape index (κ3) is 3.75. The lowest BCUT2D eigenvalue weighted by Gasteiger charge is -2.37. The molecule has 2 saturated heterocycles. The summed E-state index contributed by atoms with van der Waals surface area (Å²) in [5, 5.41) is 3.19. The molecular weight excluding hydrogens is 312 g/mol. The van der Waals surface area contributed by atoms with E-state index in [0.29, 0.717) is 19.8 Å². The fourth-order valence-corrected chi connectivity index (χ4v) is 4.24. The minimum atomic E-state index is -0.452. The first kappa shape index (κ1) is 16.9. The van der Waals surface area contributed by atoms with E-state index in [1.165, 1.54) is 0 Å². The van der Waals surface area contributed by atoms with Gasteiger partial charge in [-0.05, 0) is 19.3 Å². The highest BCUT2D eigenvalue weighted by atomic mass is 32.1. The van der Waals surface area contributed by atoms with Gasteiger partial charge in [-0.2, -0.15) is 0 Å². The van der Waals surface area contributed by atoms with Crippen molar-refractivity contribution in [1.29, 1.82) is 0 Å². The number of rotatable bonds is 2. The molecule has 2 atom stereocenters. The largest absolute Gasteiger partial charge is 0.376 e. The highest BCUT2D eigenvalue weighted by Gasteiger charge is 2.35. The first-order valence-corrected chi connectivity index (χ1v) is 9.30. The molecule has 1 aromatic rings. The van der Waals surface area contributed by atoms with Gasteiger partial charge >= 0.3 is 0 Å². The molecule has 3 heterocycles. The van der Waals surface area contributed by atoms with Gasteiger partial charge in [-0.3, -0.25) is 4.79 Å². The second-order valence-corrected chi connectivity index (χ2v) is 8.19. The molecule has 0 aliphatic carbocycles. The Morgan fingerprint density at radius 3 is 2.83 bits per heavy atom. The maximum atomic E-state index is 12.8. The number of carbonyl (C=O) groups is 1. The standard InChI is InChI=1S/C17H26N2O3S/c1-17(2,3)14-11-23-15(18-14)12-6-4-5-7-19(12)16(20)13-10-21-8-9-22-13/h11-13H,4-10H2,1-3H3. The molecule has 2 unspecified atom stereocenters. The van der Waals surface area contributed by atoms with Gasteiger partial charge in [-0.25, -0.2) is 4.98 Å². The Morgan fingerprint density at radius 1 is 1.35 bits per heavy atom. The summed E-state index contributed by atoms with van der Waals surface area (Å²) in [6, 6.07) is 0.0860. The fraction of sp³-hybridized carbons (Fsp3) is 0.765. The predicted molar refractivity (Wildman–Crippen MR) is 89.7 cm³/mol. The van der Waals surface area contributed by atoms with Gasteiger partial charge in [-0.1, -0.05) is 20.8 Å². The smallest absolute Gasteiger partial charge is 0.254 e. The zero-order chi connectivity index (χ0) is 16.4. The van der Waals surface area contributed by atoms with E-state index in [4.69, 9.17) is 14.5 Å². The molecule has 2 fully saturated rings. The number of carbonyl (C=O) groups excluding carboxylic acids is 1. The summed E-state index contributed by atoms with van der Waals surface area (Å²) in [6.07, 6.45) is 2.72. The first-order chi connectivity index (χ1) is 11.0. The SMILES string of the molecule is CC(C)(C)c1csc(C2CCCCN2C(=O)C2COCCO2)n1. The topological polar surface area (TPSA) is 51.7 Å². The number of amides is 1. The van der Waals surface area contributed by atoms with Crippen LogP contribution in [0.3, 0.4) is 0 Å². The van der Waals surface area contributed by atoms with E-state index in [-0.39, 0.29) is 17.4 Å². The van der Waals surface area contributed by atoms with E-state index in [0.717, 1.165) is 36.5 Å². The summed E-state index contributed by atoms with van der Waals surface area (Å²) < 4.78 is 11.0. The lowest BCUT2D eigenvalue weighted by atomic mass is 9.93. The number of likely N-dealkylation sites (tertiary alicyclic amines) is 1. The van der Waals surface area contributed by atoms with E-state index in [1.807, 2.05) is 4.90 Å². The van der Waals surface area contributed by atoms with Gasteiger partial charge in [0.25, 0.3) is 5.91 Å². The van der Waals surface area contributed by atoms with Gasteiger partial charge in [0.05, 0.1) is 31.6 Å². The Hall–Kier alpha value is -0.980. The highest BCUT2D eigenvalue weighted by molar-refractivity contribution is 7.09. The number of nitrogens with zero attached hydrogens (tertiary/aromatic N) is 2. The molecular formula is C17H26N2O3S. The van der Waals surface area contributed by atoms with E-state index in [9.17, 15) is 4.79 Å². The van der Waals surface area contributed by atoms with Crippen molar-refractivity contribution >= 4 is 17.2 Å². The van der Waals surface area contributed by atoms with Crippen molar-refractivity contribution in [1.82, 2.24) is 9.88 Å². The van der Waals surface area contributed by atoms with Crippen molar-refractivity contribution in [2.75, 3.05) is 26.4 Å². The quantitative estimate of drug-likeness (QED) is 0.832. The molecule has 6 heteroatoms. The van der Waals surface area contributed by atoms with Crippen LogP contribution in [-0.2, 0) is 19.7 Å². The van der Waals surface area contributed by atoms with Crippen LogP contribution in [0.2, 0.25) is 0 Å². The summed E-state index contributed by atoms with van der Waals surface area (Å²) in [6.45, 7) is 8.74. The highest BCUT2D eigenvalue weighted by Crippen LogP contribution is 2.35. The molecule has 23 heavy (non-hydrogen) atoms. The van der Waals surface area contributed by atoms with Crippen LogP contribution in [0.5, 0.6) is 0 Å². The number of aromatic nitrogens is 1. The molecule has 3 rings (SSSR count). The molecule has 0 N–H and O–H groups in total. The van der Waals surface area contributed by atoms with E-state index in [1.54, 1.807) is 11.3 Å². The maximum absolute atomic E-state index is 12.8. The van der Waals surface area contributed by atoms with Gasteiger partial charge in [0.15, 0.2) is 6.10 Å². The van der Waals surface area contributed by atoms with Crippen molar-refractivity contribution < 1.29 is 14.3 Å². The molecule has 0 radical (unpaired) electrons. The molecule has 1 aromatic heterocycles. The van der Waals surface area contributed by atoms with Crippen LogP contribution < -0.4 is 0 Å². The Morgan fingerprint density at radius 2 is 2.17 bits per heavy atom. The number of ether oxygens (including phenoxy) is 2. The second-order valence-electron chi connectivity index (χ2n) is 7.30. The first-order valence-electron chi connectivity index (χ1n) is 8.42. The Kier molecular flexibility index (Phi) is 5.04. The number of thiazole rings is 1. The average molecular weight is 338 g/mol. The summed E-state index contributed by atoms with van der Waals surface area (Å²) in [5.41, 5.74) is 1.14. The minimum Gasteiger partial charge on any atom is -0.376 e. The minimum absolute atomic E-state index is 0.0403. The summed E-state index contributed by atoms with van der Waals surface area (Å²) >= 11 is 1.67. The normalized spacial score (nSPS) is 26.3. The summed E-state index contributed by atoms with van der Waals surface area (Å²) in [4.78, 5) is 19.6. The van der Waals surface area contributed by atoms with Gasteiger partial charge in [-0.15, -0.1) is 11.3 Å². The number of piperidine rings is 1. The number of hydrogen-bond donors (Lipinski definition) is 0. The molecule has 2 aliphatic heterocycles. The lowest BCUT2D eigenvalue weighted by Crippen LogP contribution is -2.48. The molecule has 1 amide bonds. The summed E-state index contributed by atoms with van der Waals surface area (Å²) in [7, 11) is 0. The monoisotopic (exact) mass is 338 g/mol. The van der Waals surface area contributed by atoms with E-state index < -0.39 is 6.10 Å². The lowest BCUT2D eigenvalue weighted by molar-refractivity contribution is -0.161. The van der Waals surface area contributed by atoms with Gasteiger partial charge in [0.2, 0.25) is 0 Å². The van der Waals surface area contributed by atoms with Crippen LogP contribution in [0.4, 0.5) is 0 Å². The average Bonchev–Trinajstić information content (AvgIpc) is 3.05. The van der Waals surface area contributed by atoms with Crippen molar-refractivity contribution in [2.45, 2.75) is 57.6 Å². The van der Waals surface area contributed by atoms with Crippen molar-refractivity contribution in [3.8, 4) is 0 Å². The summed E-state index contributed by atoms with van der Waals surface area (Å²) in [5.74, 6) is 0.0573. The Balaban J connectivity index is 1.78. The fourth-order valence-electron chi connectivity index (χ4n) is 3.05. The maximum Gasteiger partial charge on any atom is 0.254 e.